The molecule has 36 heavy (non-hydrogen) atoms. The van der Waals surface area contributed by atoms with Crippen molar-refractivity contribution >= 4 is 40.6 Å². The van der Waals surface area contributed by atoms with E-state index in [1.165, 1.54) is 20.5 Å². The topological polar surface area (TPSA) is 82.9 Å². The first-order chi connectivity index (χ1) is 17.7. The zero-order valence-corrected chi connectivity index (χ0v) is 20.6. The minimum atomic E-state index is -0.446. The maximum absolute atomic E-state index is 11.9. The van der Waals surface area contributed by atoms with E-state index in [1.807, 2.05) is 4.57 Å². The minimum absolute atomic E-state index is 0.318. The van der Waals surface area contributed by atoms with E-state index < -0.39 is 7.92 Å². The molecular formula is C27H24N7OP. The molecule has 3 aromatic carbocycles. The summed E-state index contributed by atoms with van der Waals surface area (Å²) in [4.78, 5) is 16.1. The highest BCUT2D eigenvalue weighted by atomic mass is 31.1. The molecule has 9 heteroatoms. The number of aryl methyl sites for hydroxylation is 1. The van der Waals surface area contributed by atoms with Gasteiger partial charge in [-0.3, -0.25) is 4.57 Å². The van der Waals surface area contributed by atoms with Gasteiger partial charge in [-0.1, -0.05) is 97.1 Å². The number of fused-ring (bicyclic) bond motifs is 3. The molecule has 0 bridgehead atoms. The van der Waals surface area contributed by atoms with Crippen molar-refractivity contribution in [2.75, 3.05) is 0 Å². The van der Waals surface area contributed by atoms with Crippen LogP contribution in [0.4, 0.5) is 0 Å². The summed E-state index contributed by atoms with van der Waals surface area (Å²) in [5.41, 5.74) is 1.36. The number of allylic oxidation sites excluding steroid dienone is 1. The van der Waals surface area contributed by atoms with Crippen LogP contribution in [0, 0.1) is 0 Å². The third kappa shape index (κ3) is 4.46. The van der Waals surface area contributed by atoms with E-state index in [2.05, 4.69) is 118 Å². The van der Waals surface area contributed by atoms with Crippen LogP contribution in [0.1, 0.15) is 0 Å². The van der Waals surface area contributed by atoms with Crippen LogP contribution in [0.25, 0.3) is 16.8 Å². The van der Waals surface area contributed by atoms with E-state index in [1.54, 1.807) is 19.5 Å². The standard InChI is InChI=1S/C18H15P.C9H9N7O/c1-4-10-16(11-5-1)19(17-12-6-2-7-13-17)18-14-8-3-9-15-18;1-3-4-15-5-10-7-6(15)8-11-12-13-16(8)9(17)14(7)2/h1-15H;3,5H,1,4H2,2H3. The number of tetrazole rings is 1. The number of nitrogens with zero attached hydrogens (tertiary/aromatic N) is 7. The second-order valence-electron chi connectivity index (χ2n) is 7.96. The lowest BCUT2D eigenvalue weighted by atomic mass is 10.4. The van der Waals surface area contributed by atoms with Crippen LogP contribution in [0.5, 0.6) is 0 Å². The Kier molecular flexibility index (Phi) is 6.78. The van der Waals surface area contributed by atoms with Crippen LogP contribution in [-0.2, 0) is 13.6 Å². The number of hydrogen-bond donors (Lipinski definition) is 0. The van der Waals surface area contributed by atoms with Crippen molar-refractivity contribution in [1.82, 2.24) is 34.2 Å². The average molecular weight is 494 g/mol. The van der Waals surface area contributed by atoms with Gasteiger partial charge in [0.25, 0.3) is 0 Å². The summed E-state index contributed by atoms with van der Waals surface area (Å²) in [5, 5.41) is 15.2. The van der Waals surface area contributed by atoms with Gasteiger partial charge < -0.3 is 4.57 Å². The third-order valence-corrected chi connectivity index (χ3v) is 8.10. The zero-order chi connectivity index (χ0) is 24.9. The Morgan fingerprint density at radius 2 is 1.36 bits per heavy atom. The molecule has 0 aliphatic rings. The normalized spacial score (nSPS) is 10.9. The number of hydrogen-bond acceptors (Lipinski definition) is 5. The average Bonchev–Trinajstić information content (AvgIpc) is 3.58. The molecular weight excluding hydrogens is 469 g/mol. The predicted molar refractivity (Wildman–Crippen MR) is 145 cm³/mol. The largest absolute Gasteiger partial charge is 0.353 e. The van der Waals surface area contributed by atoms with E-state index in [0.717, 1.165) is 10.0 Å². The van der Waals surface area contributed by atoms with Gasteiger partial charge in [-0.2, -0.15) is 0 Å². The van der Waals surface area contributed by atoms with Gasteiger partial charge in [-0.05, 0) is 34.3 Å². The second-order valence-corrected chi connectivity index (χ2v) is 10.2. The maximum atomic E-state index is 11.9. The van der Waals surface area contributed by atoms with Crippen molar-refractivity contribution in [3.63, 3.8) is 0 Å². The van der Waals surface area contributed by atoms with E-state index in [0.29, 0.717) is 17.8 Å². The molecule has 8 nitrogen and oxygen atoms in total. The molecule has 0 saturated carbocycles. The SMILES string of the molecule is C=CCn1cnc2c1c1nnnn1c(=O)n2C.c1ccc(P(c2ccccc2)c2ccccc2)cc1. The molecule has 3 aromatic heterocycles. The van der Waals surface area contributed by atoms with E-state index in [9.17, 15) is 4.79 Å². The van der Waals surface area contributed by atoms with Gasteiger partial charge in [-0.25, -0.2) is 9.78 Å². The number of aromatic nitrogens is 7. The van der Waals surface area contributed by atoms with Crippen LogP contribution < -0.4 is 21.6 Å². The highest BCUT2D eigenvalue weighted by Gasteiger charge is 2.16. The monoisotopic (exact) mass is 493 g/mol. The molecule has 0 aliphatic heterocycles. The van der Waals surface area contributed by atoms with Gasteiger partial charge in [-0.15, -0.1) is 16.2 Å². The highest BCUT2D eigenvalue weighted by molar-refractivity contribution is 7.79. The molecule has 0 atom stereocenters. The lowest BCUT2D eigenvalue weighted by molar-refractivity contribution is 0.727. The van der Waals surface area contributed by atoms with E-state index >= 15 is 0 Å². The first-order valence-corrected chi connectivity index (χ1v) is 12.7. The minimum Gasteiger partial charge on any atom is -0.322 e. The summed E-state index contributed by atoms with van der Waals surface area (Å²) in [6, 6.07) is 32.3. The quantitative estimate of drug-likeness (QED) is 0.273. The molecule has 0 fully saturated rings. The molecule has 178 valence electrons. The van der Waals surface area contributed by atoms with Crippen LogP contribution in [-0.4, -0.2) is 34.2 Å². The predicted octanol–water partition coefficient (Wildman–Crippen LogP) is 2.80. The van der Waals surface area contributed by atoms with E-state index in [-0.39, 0.29) is 5.69 Å². The smallest absolute Gasteiger partial charge is 0.322 e. The van der Waals surface area contributed by atoms with Crippen LogP contribution in [0.2, 0.25) is 0 Å². The highest BCUT2D eigenvalue weighted by Crippen LogP contribution is 2.32. The van der Waals surface area contributed by atoms with Crippen molar-refractivity contribution < 1.29 is 0 Å². The van der Waals surface area contributed by atoms with Gasteiger partial charge >= 0.3 is 5.69 Å². The van der Waals surface area contributed by atoms with Gasteiger partial charge in [0.2, 0.25) is 5.65 Å². The molecule has 0 N–H and O–H groups in total. The summed E-state index contributed by atoms with van der Waals surface area (Å²) in [7, 11) is 1.19. The lowest BCUT2D eigenvalue weighted by Gasteiger charge is -2.18. The Hall–Kier alpha value is -4.42. The molecule has 0 saturated heterocycles. The van der Waals surface area contributed by atoms with Gasteiger partial charge in [0.05, 0.1) is 6.33 Å². The van der Waals surface area contributed by atoms with Crippen molar-refractivity contribution in [3.8, 4) is 0 Å². The Morgan fingerprint density at radius 3 is 1.86 bits per heavy atom. The van der Waals surface area contributed by atoms with Gasteiger partial charge in [0.15, 0.2) is 5.65 Å². The molecule has 0 aliphatic carbocycles. The van der Waals surface area contributed by atoms with Crippen molar-refractivity contribution in [2.45, 2.75) is 6.54 Å². The molecule has 6 rings (SSSR count). The van der Waals surface area contributed by atoms with Crippen molar-refractivity contribution in [3.05, 3.63) is 120 Å². The first kappa shape index (κ1) is 23.3. The summed E-state index contributed by atoms with van der Waals surface area (Å²) in [5.74, 6) is 0. The molecule has 0 amide bonds. The van der Waals surface area contributed by atoms with E-state index in [4.69, 9.17) is 0 Å². The number of rotatable bonds is 5. The summed E-state index contributed by atoms with van der Waals surface area (Å²) in [6.07, 6.45) is 3.38. The Morgan fingerprint density at radius 1 is 0.833 bits per heavy atom. The third-order valence-electron chi connectivity index (χ3n) is 5.65. The molecule has 6 aromatic rings. The van der Waals surface area contributed by atoms with Crippen LogP contribution in [0.15, 0.2) is 115 Å². The summed E-state index contributed by atoms with van der Waals surface area (Å²) >= 11 is 0. The van der Waals surface area contributed by atoms with Gasteiger partial charge in [0.1, 0.15) is 5.52 Å². The summed E-state index contributed by atoms with van der Waals surface area (Å²) < 4.78 is 4.41. The molecule has 0 unspecified atom stereocenters. The Balaban J connectivity index is 0.000000149. The molecule has 0 radical (unpaired) electrons. The summed E-state index contributed by atoms with van der Waals surface area (Å²) in [6.45, 7) is 4.26. The van der Waals surface area contributed by atoms with Crippen LogP contribution >= 0.6 is 7.92 Å². The zero-order valence-electron chi connectivity index (χ0n) is 19.7. The fourth-order valence-corrected chi connectivity index (χ4v) is 6.30. The molecule has 3 heterocycles. The van der Waals surface area contributed by atoms with Crippen LogP contribution in [0.3, 0.4) is 0 Å². The second kappa shape index (κ2) is 10.5. The Labute approximate surface area is 208 Å². The maximum Gasteiger partial charge on any atom is 0.353 e. The first-order valence-electron chi connectivity index (χ1n) is 11.4. The fourth-order valence-electron chi connectivity index (χ4n) is 4.00. The van der Waals surface area contributed by atoms with Gasteiger partial charge in [0, 0.05) is 13.6 Å². The lowest BCUT2D eigenvalue weighted by Crippen LogP contribution is -2.25. The Bertz CT molecular complexity index is 1560. The number of benzene rings is 3. The number of imidazole rings is 1. The molecule has 0 spiro atoms. The van der Waals surface area contributed by atoms with Crippen molar-refractivity contribution in [2.24, 2.45) is 7.05 Å². The van der Waals surface area contributed by atoms with Crippen molar-refractivity contribution in [1.29, 1.82) is 0 Å². The fraction of sp³-hybridized carbons (Fsp3) is 0.0741.